The number of nitrogens with one attached hydrogen (secondary N) is 1. The van der Waals surface area contributed by atoms with Crippen LogP contribution in [0.5, 0.6) is 0 Å². The number of hydrogen-bond donors (Lipinski definition) is 2. The van der Waals surface area contributed by atoms with Crippen LogP contribution in [0.1, 0.15) is 42.1 Å². The van der Waals surface area contributed by atoms with Gasteiger partial charge in [-0.25, -0.2) is 13.6 Å². The Labute approximate surface area is 114 Å². The summed E-state index contributed by atoms with van der Waals surface area (Å²) in [6.07, 6.45) is 3.04. The van der Waals surface area contributed by atoms with Gasteiger partial charge in [-0.1, -0.05) is 25.8 Å². The average Bonchev–Trinajstić information content (AvgIpc) is 2.33. The first kappa shape index (κ1) is 15.7. The molecule has 0 atom stereocenters. The van der Waals surface area contributed by atoms with E-state index in [4.69, 9.17) is 5.14 Å². The number of hydrogen-bond acceptors (Lipinski definition) is 3. The summed E-state index contributed by atoms with van der Waals surface area (Å²) in [6, 6.07) is 4.30. The molecular weight excluding hydrogens is 264 g/mol. The highest BCUT2D eigenvalue weighted by Crippen LogP contribution is 2.14. The molecule has 0 radical (unpaired) electrons. The Bertz CT molecular complexity index is 553. The molecule has 1 aromatic rings. The molecule has 6 heteroatoms. The lowest BCUT2D eigenvalue weighted by Gasteiger charge is -2.09. The zero-order chi connectivity index (χ0) is 14.5. The third-order valence-corrected chi connectivity index (χ3v) is 3.76. The molecule has 0 spiro atoms. The number of carbonyl (C=O) groups is 1. The van der Waals surface area contributed by atoms with Gasteiger partial charge in [-0.3, -0.25) is 4.79 Å². The van der Waals surface area contributed by atoms with E-state index < -0.39 is 10.0 Å². The fourth-order valence-electron chi connectivity index (χ4n) is 1.69. The number of rotatable bonds is 6. The number of aryl methyl sites for hydroxylation is 1. The van der Waals surface area contributed by atoms with Crippen LogP contribution in [0.2, 0.25) is 0 Å². The number of benzene rings is 1. The van der Waals surface area contributed by atoms with E-state index in [9.17, 15) is 13.2 Å². The fraction of sp³-hybridized carbons (Fsp3) is 0.462. The molecule has 1 amide bonds. The number of carbonyl (C=O) groups excluding carboxylic acids is 1. The number of nitrogens with two attached hydrogens (primary N) is 1. The highest BCUT2D eigenvalue weighted by atomic mass is 32.2. The van der Waals surface area contributed by atoms with Crippen LogP contribution in [-0.4, -0.2) is 20.9 Å². The second-order valence-electron chi connectivity index (χ2n) is 4.48. The predicted octanol–water partition coefficient (Wildman–Crippen LogP) is 1.56. The standard InChI is InChI=1S/C13H20N2O3S/c1-3-4-5-8-15-13(16)12-9-11(19(14,17)18)7-6-10(12)2/h6-7,9H,3-5,8H2,1-2H3,(H,15,16)(H2,14,17,18). The summed E-state index contributed by atoms with van der Waals surface area (Å²) in [4.78, 5) is 11.9. The highest BCUT2D eigenvalue weighted by molar-refractivity contribution is 7.89. The fourth-order valence-corrected chi connectivity index (χ4v) is 2.23. The molecule has 0 saturated heterocycles. The smallest absolute Gasteiger partial charge is 0.251 e. The van der Waals surface area contributed by atoms with Crippen molar-refractivity contribution in [2.75, 3.05) is 6.54 Å². The van der Waals surface area contributed by atoms with Crippen molar-refractivity contribution in [3.63, 3.8) is 0 Å². The Hall–Kier alpha value is -1.40. The minimum absolute atomic E-state index is 0.0446. The van der Waals surface area contributed by atoms with Crippen LogP contribution in [0, 0.1) is 6.92 Å². The monoisotopic (exact) mass is 284 g/mol. The molecule has 0 aliphatic heterocycles. The van der Waals surface area contributed by atoms with E-state index in [-0.39, 0.29) is 10.8 Å². The van der Waals surface area contributed by atoms with Gasteiger partial charge in [-0.15, -0.1) is 0 Å². The Morgan fingerprint density at radius 2 is 2.00 bits per heavy atom. The SMILES string of the molecule is CCCCCNC(=O)c1cc(S(N)(=O)=O)ccc1C. The summed E-state index contributed by atoms with van der Waals surface area (Å²) >= 11 is 0. The van der Waals surface area contributed by atoms with Gasteiger partial charge in [0.1, 0.15) is 0 Å². The van der Waals surface area contributed by atoms with Crippen molar-refractivity contribution in [1.29, 1.82) is 0 Å². The topological polar surface area (TPSA) is 89.3 Å². The molecule has 0 fully saturated rings. The van der Waals surface area contributed by atoms with Crippen LogP contribution >= 0.6 is 0 Å². The lowest BCUT2D eigenvalue weighted by Crippen LogP contribution is -2.25. The van der Waals surface area contributed by atoms with Crippen molar-refractivity contribution in [1.82, 2.24) is 5.32 Å². The highest BCUT2D eigenvalue weighted by Gasteiger charge is 2.14. The lowest BCUT2D eigenvalue weighted by molar-refractivity contribution is 0.0952. The Morgan fingerprint density at radius 1 is 1.32 bits per heavy atom. The Balaban J connectivity index is 2.84. The van der Waals surface area contributed by atoms with Crippen molar-refractivity contribution in [2.24, 2.45) is 5.14 Å². The molecule has 0 aliphatic rings. The number of sulfonamides is 1. The molecule has 0 aromatic heterocycles. The van der Waals surface area contributed by atoms with Crippen molar-refractivity contribution in [3.8, 4) is 0 Å². The minimum Gasteiger partial charge on any atom is -0.352 e. The summed E-state index contributed by atoms with van der Waals surface area (Å²) in [7, 11) is -3.78. The zero-order valence-electron chi connectivity index (χ0n) is 11.3. The maximum atomic E-state index is 12.0. The Morgan fingerprint density at radius 3 is 2.58 bits per heavy atom. The maximum Gasteiger partial charge on any atom is 0.251 e. The summed E-state index contributed by atoms with van der Waals surface area (Å²) in [6.45, 7) is 4.43. The zero-order valence-corrected chi connectivity index (χ0v) is 12.1. The normalized spacial score (nSPS) is 11.3. The molecule has 106 valence electrons. The van der Waals surface area contributed by atoms with E-state index in [1.165, 1.54) is 12.1 Å². The molecular formula is C13H20N2O3S. The minimum atomic E-state index is -3.78. The molecule has 0 bridgehead atoms. The molecule has 0 heterocycles. The number of amides is 1. The van der Waals surface area contributed by atoms with Gasteiger partial charge >= 0.3 is 0 Å². The first-order chi connectivity index (χ1) is 8.86. The molecule has 19 heavy (non-hydrogen) atoms. The van der Waals surface area contributed by atoms with E-state index in [0.717, 1.165) is 24.8 Å². The second kappa shape index (κ2) is 6.68. The van der Waals surface area contributed by atoms with Gasteiger partial charge in [-0.05, 0) is 31.0 Å². The van der Waals surface area contributed by atoms with Crippen LogP contribution in [0.4, 0.5) is 0 Å². The third-order valence-electron chi connectivity index (χ3n) is 2.85. The second-order valence-corrected chi connectivity index (χ2v) is 6.05. The summed E-state index contributed by atoms with van der Waals surface area (Å²) in [5.74, 6) is -0.265. The van der Waals surface area contributed by atoms with E-state index in [1.54, 1.807) is 13.0 Å². The van der Waals surface area contributed by atoms with Gasteiger partial charge in [0, 0.05) is 12.1 Å². The molecule has 1 rings (SSSR count). The number of primary sulfonamides is 1. The van der Waals surface area contributed by atoms with E-state index in [0.29, 0.717) is 12.1 Å². The van der Waals surface area contributed by atoms with Crippen LogP contribution in [0.15, 0.2) is 23.1 Å². The predicted molar refractivity (Wildman–Crippen MR) is 74.4 cm³/mol. The van der Waals surface area contributed by atoms with Gasteiger partial charge in [0.05, 0.1) is 4.90 Å². The van der Waals surface area contributed by atoms with Gasteiger partial charge in [-0.2, -0.15) is 0 Å². The molecule has 5 nitrogen and oxygen atoms in total. The Kier molecular flexibility index (Phi) is 5.50. The van der Waals surface area contributed by atoms with Gasteiger partial charge in [0.2, 0.25) is 10.0 Å². The van der Waals surface area contributed by atoms with Crippen molar-refractivity contribution in [2.45, 2.75) is 38.0 Å². The molecule has 0 unspecified atom stereocenters. The summed E-state index contributed by atoms with van der Waals surface area (Å²) in [5.41, 5.74) is 1.07. The van der Waals surface area contributed by atoms with Crippen molar-refractivity contribution in [3.05, 3.63) is 29.3 Å². The van der Waals surface area contributed by atoms with Crippen LogP contribution in [0.3, 0.4) is 0 Å². The van der Waals surface area contributed by atoms with Crippen LogP contribution < -0.4 is 10.5 Å². The molecule has 0 saturated carbocycles. The van der Waals surface area contributed by atoms with E-state index >= 15 is 0 Å². The van der Waals surface area contributed by atoms with Crippen molar-refractivity contribution < 1.29 is 13.2 Å². The quantitative estimate of drug-likeness (QED) is 0.777. The van der Waals surface area contributed by atoms with E-state index in [2.05, 4.69) is 12.2 Å². The van der Waals surface area contributed by atoms with Crippen LogP contribution in [0.25, 0.3) is 0 Å². The van der Waals surface area contributed by atoms with Gasteiger partial charge in [0.15, 0.2) is 0 Å². The van der Waals surface area contributed by atoms with Crippen molar-refractivity contribution >= 4 is 15.9 Å². The molecule has 3 N–H and O–H groups in total. The summed E-state index contributed by atoms with van der Waals surface area (Å²) in [5, 5.41) is 7.83. The first-order valence-corrected chi connectivity index (χ1v) is 7.82. The van der Waals surface area contributed by atoms with Gasteiger partial charge in [0.25, 0.3) is 5.91 Å². The lowest BCUT2D eigenvalue weighted by atomic mass is 10.1. The average molecular weight is 284 g/mol. The number of unbranched alkanes of at least 4 members (excludes halogenated alkanes) is 2. The molecule has 1 aromatic carbocycles. The first-order valence-electron chi connectivity index (χ1n) is 6.28. The third kappa shape index (κ3) is 4.65. The largest absolute Gasteiger partial charge is 0.352 e. The molecule has 0 aliphatic carbocycles. The van der Waals surface area contributed by atoms with Gasteiger partial charge < -0.3 is 5.32 Å². The summed E-state index contributed by atoms with van der Waals surface area (Å²) < 4.78 is 22.5. The van der Waals surface area contributed by atoms with E-state index in [1.807, 2.05) is 0 Å². The maximum absolute atomic E-state index is 12.0. The van der Waals surface area contributed by atoms with Crippen LogP contribution in [-0.2, 0) is 10.0 Å².